The average Bonchev–Trinajstić information content (AvgIpc) is 3.40. The molecule has 7 heteroatoms. The van der Waals surface area contributed by atoms with Crippen LogP contribution >= 0.6 is 0 Å². The van der Waals surface area contributed by atoms with E-state index in [0.29, 0.717) is 34.2 Å². The highest BCUT2D eigenvalue weighted by molar-refractivity contribution is 6.49. The monoisotopic (exact) mass is 412 g/mol. The first kappa shape index (κ1) is 18.3. The van der Waals surface area contributed by atoms with Crippen molar-refractivity contribution < 1.29 is 28.6 Å². The van der Waals surface area contributed by atoms with Gasteiger partial charge < -0.3 is 28.6 Å². The van der Waals surface area contributed by atoms with Crippen molar-refractivity contribution in [2.45, 2.75) is 82.0 Å². The van der Waals surface area contributed by atoms with Crippen molar-refractivity contribution in [2.75, 3.05) is 7.11 Å². The van der Waals surface area contributed by atoms with E-state index in [9.17, 15) is 5.11 Å². The van der Waals surface area contributed by atoms with Crippen LogP contribution in [0.2, 0.25) is 5.82 Å². The van der Waals surface area contributed by atoms with E-state index in [2.05, 4.69) is 19.9 Å². The summed E-state index contributed by atoms with van der Waals surface area (Å²) in [4.78, 5) is 0. The minimum absolute atomic E-state index is 0.0623. The molecule has 2 aliphatic heterocycles. The Kier molecular flexibility index (Phi) is 3.07. The van der Waals surface area contributed by atoms with E-state index < -0.39 is 12.1 Å². The zero-order valence-corrected chi connectivity index (χ0v) is 18.2. The molecule has 1 aromatic rings. The summed E-state index contributed by atoms with van der Waals surface area (Å²) < 4.78 is 30.7. The number of hydrogen-bond acceptors (Lipinski definition) is 6. The van der Waals surface area contributed by atoms with Crippen molar-refractivity contribution in [1.29, 1.82) is 0 Å². The Morgan fingerprint density at radius 3 is 2.60 bits per heavy atom. The minimum atomic E-state index is -1.08. The summed E-state index contributed by atoms with van der Waals surface area (Å²) >= 11 is 0. The highest BCUT2D eigenvalue weighted by Gasteiger charge is 2.94. The van der Waals surface area contributed by atoms with Crippen molar-refractivity contribution >= 4 is 7.12 Å². The van der Waals surface area contributed by atoms with Gasteiger partial charge in [-0.05, 0) is 55.6 Å². The SMILES string of the molecule is COc1ccc(C2CC2B2OC34CC5CC(C53C)[C@]4(C)O2)c2c1C(O)OC(C)(C)O2. The van der Waals surface area contributed by atoms with Crippen LogP contribution in [-0.2, 0) is 14.0 Å². The van der Waals surface area contributed by atoms with Gasteiger partial charge in [0.05, 0.1) is 23.9 Å². The Balaban J connectivity index is 1.20. The lowest BCUT2D eigenvalue weighted by atomic mass is 9.21. The first-order valence-electron chi connectivity index (χ1n) is 11.3. The second kappa shape index (κ2) is 5.03. The molecule has 5 fully saturated rings. The van der Waals surface area contributed by atoms with Crippen LogP contribution < -0.4 is 9.47 Å². The number of hydrogen-bond donors (Lipinski definition) is 1. The molecular weight excluding hydrogens is 383 g/mol. The van der Waals surface area contributed by atoms with Crippen molar-refractivity contribution in [3.8, 4) is 11.5 Å². The summed E-state index contributed by atoms with van der Waals surface area (Å²) in [6, 6.07) is 3.96. The zero-order chi connectivity index (χ0) is 20.8. The van der Waals surface area contributed by atoms with Crippen LogP contribution in [0.5, 0.6) is 11.5 Å². The molecule has 4 aliphatic carbocycles. The molecule has 1 N–H and O–H groups in total. The molecule has 1 aromatic carbocycles. The van der Waals surface area contributed by atoms with Crippen molar-refractivity contribution in [3.63, 3.8) is 0 Å². The summed E-state index contributed by atoms with van der Waals surface area (Å²) in [5.41, 5.74) is 1.82. The zero-order valence-electron chi connectivity index (χ0n) is 18.2. The summed E-state index contributed by atoms with van der Waals surface area (Å²) in [7, 11) is 1.44. The van der Waals surface area contributed by atoms with Gasteiger partial charge >= 0.3 is 7.12 Å². The smallest absolute Gasteiger partial charge is 0.461 e. The first-order valence-corrected chi connectivity index (χ1v) is 11.3. The highest BCUT2D eigenvalue weighted by atomic mass is 16.8. The molecule has 0 radical (unpaired) electrons. The van der Waals surface area contributed by atoms with Crippen molar-refractivity contribution in [1.82, 2.24) is 0 Å². The third kappa shape index (κ3) is 1.74. The number of methoxy groups -OCH3 is 1. The Hall–Kier alpha value is -1.28. The maximum absolute atomic E-state index is 10.6. The molecule has 0 amide bonds. The standard InChI is InChI=1S/C23H29BO6/c1-20(2)27-18-12(6-7-15(26-5)17(18)19(25)28-20)13-9-14(13)24-29-22(4)16-8-11-10-23(22,30-24)21(11,16)3/h6-7,11,13-14,16,19,25H,8-10H2,1-5H3/t11?,13?,14?,16?,19?,21?,22-,23?/m0/s1. The number of benzene rings is 1. The van der Waals surface area contributed by atoms with E-state index in [4.69, 9.17) is 23.5 Å². The first-order chi connectivity index (χ1) is 14.2. The van der Waals surface area contributed by atoms with E-state index in [-0.39, 0.29) is 24.2 Å². The molecule has 160 valence electrons. The Morgan fingerprint density at radius 2 is 1.93 bits per heavy atom. The molecule has 4 saturated carbocycles. The Labute approximate surface area is 177 Å². The fraction of sp³-hybridized carbons (Fsp3) is 0.739. The van der Waals surface area contributed by atoms with Gasteiger partial charge in [-0.2, -0.15) is 0 Å². The number of rotatable bonds is 3. The van der Waals surface area contributed by atoms with Gasteiger partial charge in [0.2, 0.25) is 5.79 Å². The van der Waals surface area contributed by atoms with Gasteiger partial charge in [-0.3, -0.25) is 0 Å². The van der Waals surface area contributed by atoms with Gasteiger partial charge in [-0.15, -0.1) is 0 Å². The molecule has 30 heavy (non-hydrogen) atoms. The summed E-state index contributed by atoms with van der Waals surface area (Å²) in [6.45, 7) is 8.32. The fourth-order valence-electron chi connectivity index (χ4n) is 7.97. The van der Waals surface area contributed by atoms with Crippen molar-refractivity contribution in [2.24, 2.45) is 17.3 Å². The second-order valence-electron chi connectivity index (χ2n) is 11.1. The molecule has 8 atom stereocenters. The van der Waals surface area contributed by atoms with E-state index in [1.807, 2.05) is 19.9 Å². The van der Waals surface area contributed by atoms with Crippen LogP contribution in [0.3, 0.4) is 0 Å². The van der Waals surface area contributed by atoms with Crippen LogP contribution in [0.4, 0.5) is 0 Å². The van der Waals surface area contributed by atoms with Crippen LogP contribution in [0.15, 0.2) is 12.1 Å². The fourth-order valence-corrected chi connectivity index (χ4v) is 7.97. The van der Waals surface area contributed by atoms with E-state index >= 15 is 0 Å². The van der Waals surface area contributed by atoms with Gasteiger partial charge in [0.1, 0.15) is 11.5 Å². The molecule has 2 heterocycles. The van der Waals surface area contributed by atoms with E-state index in [0.717, 1.165) is 24.3 Å². The van der Waals surface area contributed by atoms with Gasteiger partial charge in [0, 0.05) is 25.1 Å². The third-order valence-corrected chi connectivity index (χ3v) is 9.63. The molecule has 0 bridgehead atoms. The summed E-state index contributed by atoms with van der Waals surface area (Å²) in [6.07, 6.45) is 2.38. The number of fused-ring (bicyclic) bond motifs is 2. The highest BCUT2D eigenvalue weighted by Crippen LogP contribution is 2.88. The Bertz CT molecular complexity index is 981. The third-order valence-electron chi connectivity index (χ3n) is 9.63. The summed E-state index contributed by atoms with van der Waals surface area (Å²) in [5, 5.41) is 10.6. The molecule has 0 aromatic heterocycles. The molecule has 6 aliphatic rings. The Morgan fingerprint density at radius 1 is 1.13 bits per heavy atom. The van der Waals surface area contributed by atoms with Gasteiger partial charge in [0.25, 0.3) is 0 Å². The predicted octanol–water partition coefficient (Wildman–Crippen LogP) is 3.78. The quantitative estimate of drug-likeness (QED) is 0.763. The minimum Gasteiger partial charge on any atom is -0.496 e. The normalized spacial score (nSPS) is 50.7. The van der Waals surface area contributed by atoms with E-state index in [1.54, 1.807) is 7.11 Å². The maximum atomic E-state index is 10.6. The molecule has 7 unspecified atom stereocenters. The van der Waals surface area contributed by atoms with Crippen LogP contribution in [0.1, 0.15) is 70.3 Å². The van der Waals surface area contributed by atoms with E-state index in [1.165, 1.54) is 6.42 Å². The lowest BCUT2D eigenvalue weighted by Crippen LogP contribution is -2.92. The number of aliphatic hydroxyl groups excluding tert-OH is 1. The van der Waals surface area contributed by atoms with Crippen LogP contribution in [-0.4, -0.2) is 36.3 Å². The van der Waals surface area contributed by atoms with Gasteiger partial charge in [0.15, 0.2) is 6.29 Å². The molecule has 1 spiro atoms. The summed E-state index contributed by atoms with van der Waals surface area (Å²) in [5.74, 6) is 2.44. The van der Waals surface area contributed by atoms with Gasteiger partial charge in [-0.25, -0.2) is 0 Å². The van der Waals surface area contributed by atoms with Crippen LogP contribution in [0.25, 0.3) is 0 Å². The molecule has 1 saturated heterocycles. The lowest BCUT2D eigenvalue weighted by molar-refractivity contribution is -0.429. The maximum Gasteiger partial charge on any atom is 0.461 e. The molecule has 7 rings (SSSR count). The largest absolute Gasteiger partial charge is 0.496 e. The molecular formula is C23H29BO6. The van der Waals surface area contributed by atoms with Crippen LogP contribution in [0, 0.1) is 17.3 Å². The topological polar surface area (TPSA) is 66.4 Å². The predicted molar refractivity (Wildman–Crippen MR) is 108 cm³/mol. The second-order valence-corrected chi connectivity index (χ2v) is 11.1. The number of ether oxygens (including phenoxy) is 3. The van der Waals surface area contributed by atoms with Gasteiger partial charge in [-0.1, -0.05) is 13.0 Å². The number of aliphatic hydroxyl groups is 1. The average molecular weight is 412 g/mol. The lowest BCUT2D eigenvalue weighted by Gasteiger charge is -2.87. The van der Waals surface area contributed by atoms with Crippen molar-refractivity contribution in [3.05, 3.63) is 23.3 Å². The molecule has 6 nitrogen and oxygen atoms in total.